The summed E-state index contributed by atoms with van der Waals surface area (Å²) < 4.78 is 33.4. The molecule has 0 heterocycles. The van der Waals surface area contributed by atoms with Crippen molar-refractivity contribution in [2.45, 2.75) is 26.3 Å². The van der Waals surface area contributed by atoms with Crippen LogP contribution >= 0.6 is 0 Å². The molecular weight excluding hydrogens is 426 g/mol. The van der Waals surface area contributed by atoms with Crippen LogP contribution in [0.2, 0.25) is 0 Å². The predicted octanol–water partition coefficient (Wildman–Crippen LogP) is 4.96. The van der Waals surface area contributed by atoms with Gasteiger partial charge in [-0.25, -0.2) is 8.78 Å². The van der Waals surface area contributed by atoms with Crippen LogP contribution in [0.3, 0.4) is 0 Å². The van der Waals surface area contributed by atoms with Gasteiger partial charge in [0.1, 0.15) is 29.0 Å². The number of carbonyl (C=O) groups is 2. The average molecular weight is 453 g/mol. The number of nitrogens with one attached hydrogen (secondary N) is 2. The van der Waals surface area contributed by atoms with E-state index in [-0.39, 0.29) is 5.92 Å². The van der Waals surface area contributed by atoms with Gasteiger partial charge in [-0.15, -0.1) is 0 Å². The normalized spacial score (nSPS) is 11.7. The Morgan fingerprint density at radius 1 is 0.939 bits per heavy atom. The van der Waals surface area contributed by atoms with Gasteiger partial charge in [0.2, 0.25) is 5.91 Å². The number of benzene rings is 3. The van der Waals surface area contributed by atoms with Gasteiger partial charge in [0, 0.05) is 17.7 Å². The molecule has 3 rings (SSSR count). The summed E-state index contributed by atoms with van der Waals surface area (Å²) in [7, 11) is 1.58. The van der Waals surface area contributed by atoms with Gasteiger partial charge in [0.25, 0.3) is 5.91 Å². The average Bonchev–Trinajstić information content (AvgIpc) is 2.78. The van der Waals surface area contributed by atoms with Crippen LogP contribution in [0.15, 0.2) is 66.7 Å². The monoisotopic (exact) mass is 452 g/mol. The highest BCUT2D eigenvalue weighted by atomic mass is 19.1. The number of amides is 2. The van der Waals surface area contributed by atoms with E-state index in [1.165, 1.54) is 6.07 Å². The lowest BCUT2D eigenvalue weighted by Gasteiger charge is -2.22. The second-order valence-electron chi connectivity index (χ2n) is 7.97. The first-order valence-electron chi connectivity index (χ1n) is 10.6. The number of methoxy groups -OCH3 is 1. The Kier molecular flexibility index (Phi) is 7.77. The molecule has 0 spiro atoms. The molecule has 0 radical (unpaired) electrons. The fraction of sp³-hybridized carbons (Fsp3) is 0.231. The molecule has 7 heteroatoms. The zero-order chi connectivity index (χ0) is 24.0. The van der Waals surface area contributed by atoms with Gasteiger partial charge in [-0.1, -0.05) is 50.2 Å². The molecular formula is C26H26F2N2O3. The van der Waals surface area contributed by atoms with Gasteiger partial charge >= 0.3 is 0 Å². The smallest absolute Gasteiger partial charge is 0.257 e. The lowest BCUT2D eigenvalue weighted by atomic mass is 10.0. The fourth-order valence-corrected chi connectivity index (χ4v) is 3.49. The Bertz CT molecular complexity index is 1110. The SMILES string of the molecule is COc1ccc(NC(=O)[C@@H](NC(=O)c2c(F)cccc2F)C(C)C)cc1Cc1ccccc1. The number of rotatable bonds is 8. The maximum Gasteiger partial charge on any atom is 0.257 e. The minimum absolute atomic E-state index is 0.328. The Morgan fingerprint density at radius 3 is 2.21 bits per heavy atom. The molecule has 0 saturated carbocycles. The maximum absolute atomic E-state index is 14.0. The fourth-order valence-electron chi connectivity index (χ4n) is 3.49. The van der Waals surface area contributed by atoms with Gasteiger partial charge in [0.05, 0.1) is 7.11 Å². The molecule has 0 aliphatic carbocycles. The summed E-state index contributed by atoms with van der Waals surface area (Å²) in [5.41, 5.74) is 1.76. The molecule has 0 bridgehead atoms. The van der Waals surface area contributed by atoms with Gasteiger partial charge in [0.15, 0.2) is 0 Å². The van der Waals surface area contributed by atoms with Crippen molar-refractivity contribution in [1.82, 2.24) is 5.32 Å². The van der Waals surface area contributed by atoms with Crippen LogP contribution in [-0.4, -0.2) is 25.0 Å². The highest BCUT2D eigenvalue weighted by molar-refractivity contribution is 6.01. The molecule has 1 atom stereocenters. The third kappa shape index (κ3) is 5.94. The van der Waals surface area contributed by atoms with Crippen molar-refractivity contribution in [2.24, 2.45) is 5.92 Å². The van der Waals surface area contributed by atoms with Crippen molar-refractivity contribution >= 4 is 17.5 Å². The van der Waals surface area contributed by atoms with Crippen LogP contribution in [0, 0.1) is 17.6 Å². The molecule has 5 nitrogen and oxygen atoms in total. The van der Waals surface area contributed by atoms with E-state index in [2.05, 4.69) is 10.6 Å². The maximum atomic E-state index is 14.0. The largest absolute Gasteiger partial charge is 0.496 e. The molecule has 33 heavy (non-hydrogen) atoms. The highest BCUT2D eigenvalue weighted by Crippen LogP contribution is 2.26. The standard InChI is InChI=1S/C26H26F2N2O3/c1-16(2)24(30-25(31)23-20(27)10-7-11-21(23)28)26(32)29-19-12-13-22(33-3)18(15-19)14-17-8-5-4-6-9-17/h4-13,15-16,24H,14H2,1-3H3,(H,29,32)(H,30,31)/t24-/m0/s1. The van der Waals surface area contributed by atoms with E-state index in [0.29, 0.717) is 17.9 Å². The molecule has 0 aliphatic rings. The van der Waals surface area contributed by atoms with Crippen LogP contribution in [0.5, 0.6) is 5.75 Å². The van der Waals surface area contributed by atoms with Gasteiger partial charge in [-0.2, -0.15) is 0 Å². The minimum Gasteiger partial charge on any atom is -0.496 e. The summed E-state index contributed by atoms with van der Waals surface area (Å²) in [6.07, 6.45) is 0.602. The molecule has 2 amide bonds. The number of anilines is 1. The van der Waals surface area contributed by atoms with E-state index >= 15 is 0 Å². The summed E-state index contributed by atoms with van der Waals surface area (Å²) >= 11 is 0. The van der Waals surface area contributed by atoms with Crippen LogP contribution in [0.4, 0.5) is 14.5 Å². The molecule has 3 aromatic carbocycles. The third-order valence-corrected chi connectivity index (χ3v) is 5.21. The third-order valence-electron chi connectivity index (χ3n) is 5.21. The Labute approximate surface area is 191 Å². The van der Waals surface area contributed by atoms with Crippen LogP contribution in [0.1, 0.15) is 35.3 Å². The number of hydrogen-bond acceptors (Lipinski definition) is 3. The van der Waals surface area contributed by atoms with E-state index < -0.39 is 35.1 Å². The number of halogens is 2. The van der Waals surface area contributed by atoms with Crippen LogP contribution in [-0.2, 0) is 11.2 Å². The summed E-state index contributed by atoms with van der Waals surface area (Å²) in [5, 5.41) is 5.25. The van der Waals surface area contributed by atoms with E-state index in [0.717, 1.165) is 23.3 Å². The van der Waals surface area contributed by atoms with Crippen molar-refractivity contribution in [3.05, 3.63) is 95.1 Å². The van der Waals surface area contributed by atoms with E-state index in [1.807, 2.05) is 30.3 Å². The molecule has 172 valence electrons. The molecule has 0 aromatic heterocycles. The van der Waals surface area contributed by atoms with E-state index in [1.54, 1.807) is 39.2 Å². The lowest BCUT2D eigenvalue weighted by molar-refractivity contribution is -0.118. The van der Waals surface area contributed by atoms with E-state index in [9.17, 15) is 18.4 Å². The van der Waals surface area contributed by atoms with Crippen LogP contribution in [0.25, 0.3) is 0 Å². The van der Waals surface area contributed by atoms with Crippen molar-refractivity contribution in [3.63, 3.8) is 0 Å². The topological polar surface area (TPSA) is 67.4 Å². The van der Waals surface area contributed by atoms with E-state index in [4.69, 9.17) is 4.74 Å². The van der Waals surface area contributed by atoms with Gasteiger partial charge in [-0.3, -0.25) is 9.59 Å². The summed E-state index contributed by atoms with van der Waals surface area (Å²) in [5.74, 6) is -3.11. The highest BCUT2D eigenvalue weighted by Gasteiger charge is 2.27. The number of hydrogen-bond donors (Lipinski definition) is 2. The predicted molar refractivity (Wildman–Crippen MR) is 123 cm³/mol. The van der Waals surface area contributed by atoms with Crippen LogP contribution < -0.4 is 15.4 Å². The second-order valence-corrected chi connectivity index (χ2v) is 7.97. The summed E-state index contributed by atoms with van der Waals surface area (Å²) in [4.78, 5) is 25.5. The van der Waals surface area contributed by atoms with Gasteiger partial charge < -0.3 is 15.4 Å². The first-order chi connectivity index (χ1) is 15.8. The molecule has 0 fully saturated rings. The van der Waals surface area contributed by atoms with Crippen molar-refractivity contribution in [2.75, 3.05) is 12.4 Å². The van der Waals surface area contributed by atoms with Crippen molar-refractivity contribution in [1.29, 1.82) is 0 Å². The Hall–Kier alpha value is -3.74. The Balaban J connectivity index is 1.79. The molecule has 3 aromatic rings. The minimum atomic E-state index is -1.00. The number of carbonyl (C=O) groups excluding carboxylic acids is 2. The zero-order valence-corrected chi connectivity index (χ0v) is 18.7. The quantitative estimate of drug-likeness (QED) is 0.508. The summed E-state index contributed by atoms with van der Waals surface area (Å²) in [6.45, 7) is 3.47. The second kappa shape index (κ2) is 10.7. The van der Waals surface area contributed by atoms with Gasteiger partial charge in [-0.05, 0) is 41.8 Å². The number of ether oxygens (including phenoxy) is 1. The zero-order valence-electron chi connectivity index (χ0n) is 18.7. The first kappa shape index (κ1) is 23.9. The lowest BCUT2D eigenvalue weighted by Crippen LogP contribution is -2.47. The summed E-state index contributed by atoms with van der Waals surface area (Å²) in [6, 6.07) is 17.2. The molecule has 0 unspecified atom stereocenters. The molecule has 0 saturated heterocycles. The van der Waals surface area contributed by atoms with Crippen molar-refractivity contribution < 1.29 is 23.1 Å². The molecule has 2 N–H and O–H groups in total. The van der Waals surface area contributed by atoms with Crippen molar-refractivity contribution in [3.8, 4) is 5.75 Å². The first-order valence-corrected chi connectivity index (χ1v) is 10.6. The molecule has 0 aliphatic heterocycles. The Morgan fingerprint density at radius 2 is 1.61 bits per heavy atom.